The third kappa shape index (κ3) is 0.621. The molecule has 0 saturated carbocycles. The van der Waals surface area contributed by atoms with Crippen molar-refractivity contribution in [3.63, 3.8) is 0 Å². The SMILES string of the molecule is Nc1ccc2cnoc2n1. The summed E-state index contributed by atoms with van der Waals surface area (Å²) in [6.45, 7) is 0. The Morgan fingerprint density at radius 3 is 3.20 bits per heavy atom. The predicted molar refractivity (Wildman–Crippen MR) is 36.2 cm³/mol. The molecule has 0 radical (unpaired) electrons. The predicted octanol–water partition coefficient (Wildman–Crippen LogP) is 0.805. The van der Waals surface area contributed by atoms with Gasteiger partial charge >= 0.3 is 0 Å². The van der Waals surface area contributed by atoms with Gasteiger partial charge < -0.3 is 10.3 Å². The molecule has 4 heteroatoms. The summed E-state index contributed by atoms with van der Waals surface area (Å²) in [5.41, 5.74) is 5.87. The van der Waals surface area contributed by atoms with Crippen LogP contribution in [-0.4, -0.2) is 10.1 Å². The van der Waals surface area contributed by atoms with Crippen molar-refractivity contribution >= 4 is 16.9 Å². The molecule has 0 amide bonds. The first-order valence-electron chi connectivity index (χ1n) is 2.83. The van der Waals surface area contributed by atoms with Crippen molar-refractivity contribution in [1.82, 2.24) is 10.1 Å². The standard InChI is InChI=1S/C6H5N3O/c7-5-2-1-4-3-8-10-6(4)9-5/h1-3H,(H2,7,9). The van der Waals surface area contributed by atoms with Gasteiger partial charge in [-0.1, -0.05) is 5.16 Å². The number of hydrogen-bond acceptors (Lipinski definition) is 4. The van der Waals surface area contributed by atoms with Gasteiger partial charge in [0.15, 0.2) is 0 Å². The van der Waals surface area contributed by atoms with Crippen LogP contribution in [0.1, 0.15) is 0 Å². The molecule has 0 atom stereocenters. The number of rotatable bonds is 0. The number of nitrogen functional groups attached to an aromatic ring is 1. The maximum Gasteiger partial charge on any atom is 0.259 e. The van der Waals surface area contributed by atoms with Crippen LogP contribution in [0.4, 0.5) is 5.82 Å². The van der Waals surface area contributed by atoms with Crippen LogP contribution in [0.2, 0.25) is 0 Å². The Hall–Kier alpha value is -1.58. The van der Waals surface area contributed by atoms with Crippen LogP contribution >= 0.6 is 0 Å². The Kier molecular flexibility index (Phi) is 0.887. The number of hydrogen-bond donors (Lipinski definition) is 1. The highest BCUT2D eigenvalue weighted by Crippen LogP contribution is 2.11. The van der Waals surface area contributed by atoms with Gasteiger partial charge in [-0.05, 0) is 12.1 Å². The van der Waals surface area contributed by atoms with Gasteiger partial charge in [-0.3, -0.25) is 0 Å². The Balaban J connectivity index is 2.86. The molecule has 4 nitrogen and oxygen atoms in total. The van der Waals surface area contributed by atoms with E-state index in [1.807, 2.05) is 6.07 Å². The lowest BCUT2D eigenvalue weighted by atomic mass is 10.4. The molecule has 2 heterocycles. The van der Waals surface area contributed by atoms with Gasteiger partial charge in [0, 0.05) is 0 Å². The lowest BCUT2D eigenvalue weighted by Gasteiger charge is -1.86. The minimum absolute atomic E-state index is 0.448. The second kappa shape index (κ2) is 1.70. The first-order valence-corrected chi connectivity index (χ1v) is 2.83. The highest BCUT2D eigenvalue weighted by Gasteiger charge is 1.97. The van der Waals surface area contributed by atoms with Gasteiger partial charge in [0.2, 0.25) is 0 Å². The molecule has 10 heavy (non-hydrogen) atoms. The molecule has 0 aliphatic carbocycles. The van der Waals surface area contributed by atoms with Crippen molar-refractivity contribution in [3.8, 4) is 0 Å². The Morgan fingerprint density at radius 1 is 1.40 bits per heavy atom. The summed E-state index contributed by atoms with van der Waals surface area (Å²) in [5, 5.41) is 4.42. The zero-order valence-corrected chi connectivity index (χ0v) is 5.11. The molecule has 0 bridgehead atoms. The fraction of sp³-hybridized carbons (Fsp3) is 0. The van der Waals surface area contributed by atoms with Crippen LogP contribution in [0.5, 0.6) is 0 Å². The molecule has 2 aromatic heterocycles. The molecule has 0 aliphatic heterocycles. The largest absolute Gasteiger partial charge is 0.384 e. The molecule has 0 spiro atoms. The smallest absolute Gasteiger partial charge is 0.259 e. The molecule has 2 aromatic rings. The molecule has 2 N–H and O–H groups in total. The Bertz CT molecular complexity index is 355. The highest BCUT2D eigenvalue weighted by molar-refractivity contribution is 5.73. The maximum absolute atomic E-state index is 5.38. The van der Waals surface area contributed by atoms with Gasteiger partial charge in [-0.25, -0.2) is 0 Å². The number of aromatic nitrogens is 2. The monoisotopic (exact) mass is 135 g/mol. The molecular weight excluding hydrogens is 130 g/mol. The van der Waals surface area contributed by atoms with E-state index in [9.17, 15) is 0 Å². The molecular formula is C6H5N3O. The quantitative estimate of drug-likeness (QED) is 0.580. The molecule has 0 fully saturated rings. The fourth-order valence-corrected chi connectivity index (χ4v) is 0.770. The number of pyridine rings is 1. The van der Waals surface area contributed by atoms with E-state index < -0.39 is 0 Å². The number of nitrogens with zero attached hydrogens (tertiary/aromatic N) is 2. The third-order valence-electron chi connectivity index (χ3n) is 1.24. The van der Waals surface area contributed by atoms with E-state index in [1.54, 1.807) is 12.3 Å². The topological polar surface area (TPSA) is 64.9 Å². The van der Waals surface area contributed by atoms with Crippen LogP contribution < -0.4 is 5.73 Å². The zero-order chi connectivity index (χ0) is 6.97. The van der Waals surface area contributed by atoms with Crippen molar-refractivity contribution < 1.29 is 4.52 Å². The van der Waals surface area contributed by atoms with E-state index in [2.05, 4.69) is 10.1 Å². The van der Waals surface area contributed by atoms with Gasteiger partial charge in [-0.15, -0.1) is 0 Å². The fourth-order valence-electron chi connectivity index (χ4n) is 0.770. The Labute approximate surface area is 56.6 Å². The van der Waals surface area contributed by atoms with E-state index >= 15 is 0 Å². The van der Waals surface area contributed by atoms with E-state index in [0.29, 0.717) is 11.5 Å². The molecule has 0 saturated heterocycles. The third-order valence-corrected chi connectivity index (χ3v) is 1.24. The van der Waals surface area contributed by atoms with Crippen molar-refractivity contribution in [2.24, 2.45) is 0 Å². The summed E-state index contributed by atoms with van der Waals surface area (Å²) in [5.74, 6) is 0.448. The zero-order valence-electron chi connectivity index (χ0n) is 5.11. The molecule has 0 unspecified atom stereocenters. The molecule has 0 aromatic carbocycles. The Morgan fingerprint density at radius 2 is 2.30 bits per heavy atom. The lowest BCUT2D eigenvalue weighted by Crippen LogP contribution is -1.87. The first kappa shape index (κ1) is 5.22. The average molecular weight is 135 g/mol. The normalized spacial score (nSPS) is 10.4. The molecule has 0 aliphatic rings. The second-order valence-corrected chi connectivity index (χ2v) is 1.96. The van der Waals surface area contributed by atoms with E-state index in [0.717, 1.165) is 5.39 Å². The van der Waals surface area contributed by atoms with Crippen LogP contribution in [0.3, 0.4) is 0 Å². The van der Waals surface area contributed by atoms with E-state index in [1.165, 1.54) is 0 Å². The maximum atomic E-state index is 5.38. The van der Waals surface area contributed by atoms with Gasteiger partial charge in [0.25, 0.3) is 5.71 Å². The summed E-state index contributed by atoms with van der Waals surface area (Å²) >= 11 is 0. The highest BCUT2D eigenvalue weighted by atomic mass is 16.5. The average Bonchev–Trinajstić information content (AvgIpc) is 2.33. The number of anilines is 1. The summed E-state index contributed by atoms with van der Waals surface area (Å²) in [7, 11) is 0. The van der Waals surface area contributed by atoms with E-state index in [4.69, 9.17) is 10.3 Å². The van der Waals surface area contributed by atoms with Crippen molar-refractivity contribution in [2.45, 2.75) is 0 Å². The molecule has 50 valence electrons. The number of nitrogens with two attached hydrogens (primary N) is 1. The van der Waals surface area contributed by atoms with Crippen molar-refractivity contribution in [1.29, 1.82) is 0 Å². The minimum atomic E-state index is 0.448. The van der Waals surface area contributed by atoms with Gasteiger partial charge in [0.05, 0.1) is 11.6 Å². The minimum Gasteiger partial charge on any atom is -0.384 e. The summed E-state index contributed by atoms with van der Waals surface area (Å²) < 4.78 is 4.76. The summed E-state index contributed by atoms with van der Waals surface area (Å²) in [6, 6.07) is 3.52. The van der Waals surface area contributed by atoms with Gasteiger partial charge in [-0.2, -0.15) is 4.98 Å². The summed E-state index contributed by atoms with van der Waals surface area (Å²) in [4.78, 5) is 3.88. The van der Waals surface area contributed by atoms with Crippen molar-refractivity contribution in [2.75, 3.05) is 5.73 Å². The van der Waals surface area contributed by atoms with Crippen molar-refractivity contribution in [3.05, 3.63) is 18.3 Å². The lowest BCUT2D eigenvalue weighted by molar-refractivity contribution is 0.449. The summed E-state index contributed by atoms with van der Waals surface area (Å²) in [6.07, 6.45) is 1.60. The first-order chi connectivity index (χ1) is 4.86. The van der Waals surface area contributed by atoms with E-state index in [-0.39, 0.29) is 0 Å². The molecule has 2 rings (SSSR count). The second-order valence-electron chi connectivity index (χ2n) is 1.96. The number of fused-ring (bicyclic) bond motifs is 1. The van der Waals surface area contributed by atoms with Gasteiger partial charge in [0.1, 0.15) is 5.82 Å². The van der Waals surface area contributed by atoms with Crippen LogP contribution in [0, 0.1) is 0 Å². The van der Waals surface area contributed by atoms with Crippen LogP contribution in [0.15, 0.2) is 22.9 Å². The van der Waals surface area contributed by atoms with Crippen LogP contribution in [0.25, 0.3) is 11.1 Å². The van der Waals surface area contributed by atoms with Crippen LogP contribution in [-0.2, 0) is 0 Å².